The molecule has 0 saturated heterocycles. The van der Waals surface area contributed by atoms with Crippen molar-refractivity contribution >= 4 is 17.3 Å². The Hall–Kier alpha value is -0.870. The van der Waals surface area contributed by atoms with Gasteiger partial charge in [0.05, 0.1) is 0 Å². The molecule has 0 unspecified atom stereocenters. The van der Waals surface area contributed by atoms with Crippen LogP contribution in [0.2, 0.25) is 0 Å². The van der Waals surface area contributed by atoms with Gasteiger partial charge in [0.15, 0.2) is 0 Å². The Morgan fingerprint density at radius 1 is 1.50 bits per heavy atom. The molecule has 102 valence electrons. The molecule has 0 radical (unpaired) electrons. The van der Waals surface area contributed by atoms with E-state index < -0.39 is 0 Å². The molecule has 1 N–H and O–H groups in total. The number of carbonyl (C=O) groups is 1. The number of nitrogens with one attached hydrogen (secondary N) is 1. The Morgan fingerprint density at radius 2 is 2.22 bits per heavy atom. The van der Waals surface area contributed by atoms with Crippen molar-refractivity contribution in [2.45, 2.75) is 39.7 Å². The highest BCUT2D eigenvalue weighted by atomic mass is 32.1. The van der Waals surface area contributed by atoms with Gasteiger partial charge in [-0.2, -0.15) is 0 Å². The van der Waals surface area contributed by atoms with Gasteiger partial charge >= 0.3 is 5.97 Å². The Labute approximate surface area is 114 Å². The average Bonchev–Trinajstić information content (AvgIpc) is 2.78. The highest BCUT2D eigenvalue weighted by molar-refractivity contribution is 7.11. The second-order valence-electron chi connectivity index (χ2n) is 5.55. The molecule has 0 amide bonds. The number of esters is 1. The van der Waals surface area contributed by atoms with Crippen LogP contribution < -0.4 is 5.32 Å². The maximum Gasteiger partial charge on any atom is 0.348 e. The standard InChI is InChI=1S/C14H23NO2S/c1-11(2)7-8-15-14(3,4)10-17-13(16)12-6-5-9-18-12/h5-6,9,11,15H,7-8,10H2,1-4H3. The molecule has 4 heteroatoms. The molecule has 0 aliphatic rings. The van der Waals surface area contributed by atoms with Crippen LogP contribution in [0.1, 0.15) is 43.8 Å². The van der Waals surface area contributed by atoms with Gasteiger partial charge in [-0.05, 0) is 44.2 Å². The quantitative estimate of drug-likeness (QED) is 0.772. The van der Waals surface area contributed by atoms with Gasteiger partial charge < -0.3 is 10.1 Å². The Balaban J connectivity index is 2.30. The van der Waals surface area contributed by atoms with Crippen molar-refractivity contribution in [1.29, 1.82) is 0 Å². The van der Waals surface area contributed by atoms with Crippen molar-refractivity contribution in [2.24, 2.45) is 5.92 Å². The third-order valence-corrected chi connectivity index (χ3v) is 3.46. The van der Waals surface area contributed by atoms with E-state index >= 15 is 0 Å². The summed E-state index contributed by atoms with van der Waals surface area (Å²) >= 11 is 1.41. The fourth-order valence-corrected chi connectivity index (χ4v) is 2.08. The van der Waals surface area contributed by atoms with Crippen LogP contribution in [0, 0.1) is 5.92 Å². The van der Waals surface area contributed by atoms with Crippen molar-refractivity contribution in [3.8, 4) is 0 Å². The SMILES string of the molecule is CC(C)CCNC(C)(C)COC(=O)c1cccs1. The lowest BCUT2D eigenvalue weighted by atomic mass is 10.1. The summed E-state index contributed by atoms with van der Waals surface area (Å²) in [6.45, 7) is 9.84. The van der Waals surface area contributed by atoms with Crippen molar-refractivity contribution in [2.75, 3.05) is 13.2 Å². The summed E-state index contributed by atoms with van der Waals surface area (Å²) in [5, 5.41) is 5.29. The van der Waals surface area contributed by atoms with E-state index in [1.165, 1.54) is 11.3 Å². The Kier molecular flexibility index (Phi) is 5.82. The first-order chi connectivity index (χ1) is 8.41. The van der Waals surface area contributed by atoms with Gasteiger partial charge in [0.2, 0.25) is 0 Å². The molecule has 1 rings (SSSR count). The van der Waals surface area contributed by atoms with E-state index in [9.17, 15) is 4.79 Å². The van der Waals surface area contributed by atoms with Gasteiger partial charge in [-0.15, -0.1) is 11.3 Å². The minimum absolute atomic E-state index is 0.179. The van der Waals surface area contributed by atoms with Gasteiger partial charge in [-0.3, -0.25) is 0 Å². The molecule has 1 heterocycles. The fraction of sp³-hybridized carbons (Fsp3) is 0.643. The number of hydrogen-bond acceptors (Lipinski definition) is 4. The monoisotopic (exact) mass is 269 g/mol. The molecular weight excluding hydrogens is 246 g/mol. The van der Waals surface area contributed by atoms with E-state index in [4.69, 9.17) is 4.74 Å². The minimum atomic E-state index is -0.233. The molecular formula is C14H23NO2S. The zero-order chi connectivity index (χ0) is 13.6. The lowest BCUT2D eigenvalue weighted by Crippen LogP contribution is -2.44. The summed E-state index contributed by atoms with van der Waals surface area (Å²) in [6, 6.07) is 3.64. The molecule has 3 nitrogen and oxygen atoms in total. The van der Waals surface area contributed by atoms with E-state index in [0.29, 0.717) is 17.4 Å². The highest BCUT2D eigenvalue weighted by Gasteiger charge is 2.20. The summed E-state index contributed by atoms with van der Waals surface area (Å²) in [4.78, 5) is 12.4. The van der Waals surface area contributed by atoms with Crippen LogP contribution in [0.4, 0.5) is 0 Å². The zero-order valence-electron chi connectivity index (χ0n) is 11.7. The fourth-order valence-electron chi connectivity index (χ4n) is 1.46. The van der Waals surface area contributed by atoms with E-state index in [1.54, 1.807) is 6.07 Å². The van der Waals surface area contributed by atoms with Gasteiger partial charge in [0, 0.05) is 5.54 Å². The van der Waals surface area contributed by atoms with Gasteiger partial charge in [-0.1, -0.05) is 19.9 Å². The van der Waals surface area contributed by atoms with Gasteiger partial charge in [-0.25, -0.2) is 4.79 Å². The van der Waals surface area contributed by atoms with Crippen LogP contribution in [0.3, 0.4) is 0 Å². The molecule has 0 saturated carbocycles. The lowest BCUT2D eigenvalue weighted by molar-refractivity contribution is 0.0405. The topological polar surface area (TPSA) is 38.3 Å². The summed E-state index contributed by atoms with van der Waals surface area (Å²) in [7, 11) is 0. The maximum atomic E-state index is 11.7. The van der Waals surface area contributed by atoms with Crippen LogP contribution in [-0.2, 0) is 4.74 Å². The number of thiophene rings is 1. The normalized spacial score (nSPS) is 11.8. The van der Waals surface area contributed by atoms with Crippen LogP contribution >= 0.6 is 11.3 Å². The molecule has 0 aromatic carbocycles. The second-order valence-corrected chi connectivity index (χ2v) is 6.49. The van der Waals surface area contributed by atoms with Crippen molar-refractivity contribution < 1.29 is 9.53 Å². The predicted molar refractivity (Wildman–Crippen MR) is 76.1 cm³/mol. The molecule has 1 aromatic rings. The van der Waals surface area contributed by atoms with Gasteiger partial charge in [0.25, 0.3) is 0 Å². The minimum Gasteiger partial charge on any atom is -0.460 e. The predicted octanol–water partition coefficient (Wildman–Crippen LogP) is 3.32. The molecule has 0 aliphatic carbocycles. The van der Waals surface area contributed by atoms with Crippen molar-refractivity contribution in [1.82, 2.24) is 5.32 Å². The van der Waals surface area contributed by atoms with E-state index in [0.717, 1.165) is 13.0 Å². The summed E-state index contributed by atoms with van der Waals surface area (Å²) in [5.41, 5.74) is -0.179. The third kappa shape index (κ3) is 5.65. The summed E-state index contributed by atoms with van der Waals surface area (Å²) in [6.07, 6.45) is 1.13. The Bertz CT molecular complexity index is 358. The molecule has 0 bridgehead atoms. The molecule has 18 heavy (non-hydrogen) atoms. The zero-order valence-corrected chi connectivity index (χ0v) is 12.5. The van der Waals surface area contributed by atoms with E-state index in [-0.39, 0.29) is 11.5 Å². The van der Waals surface area contributed by atoms with E-state index in [1.807, 2.05) is 11.4 Å². The van der Waals surface area contributed by atoms with Crippen molar-refractivity contribution in [3.63, 3.8) is 0 Å². The molecule has 0 fully saturated rings. The first-order valence-electron chi connectivity index (χ1n) is 6.36. The molecule has 0 spiro atoms. The lowest BCUT2D eigenvalue weighted by Gasteiger charge is -2.26. The summed E-state index contributed by atoms with van der Waals surface area (Å²) < 4.78 is 5.32. The average molecular weight is 269 g/mol. The third-order valence-electron chi connectivity index (χ3n) is 2.61. The van der Waals surface area contributed by atoms with Crippen LogP contribution in [-0.4, -0.2) is 24.7 Å². The van der Waals surface area contributed by atoms with Crippen LogP contribution in [0.15, 0.2) is 17.5 Å². The number of ether oxygens (including phenoxy) is 1. The maximum absolute atomic E-state index is 11.7. The van der Waals surface area contributed by atoms with Crippen molar-refractivity contribution in [3.05, 3.63) is 22.4 Å². The number of carbonyl (C=O) groups excluding carboxylic acids is 1. The number of rotatable bonds is 7. The van der Waals surface area contributed by atoms with Crippen LogP contribution in [0.25, 0.3) is 0 Å². The smallest absolute Gasteiger partial charge is 0.348 e. The molecule has 0 atom stereocenters. The first-order valence-corrected chi connectivity index (χ1v) is 7.24. The highest BCUT2D eigenvalue weighted by Crippen LogP contribution is 2.12. The van der Waals surface area contributed by atoms with E-state index in [2.05, 4.69) is 33.0 Å². The van der Waals surface area contributed by atoms with Gasteiger partial charge in [0.1, 0.15) is 11.5 Å². The Morgan fingerprint density at radius 3 is 2.78 bits per heavy atom. The molecule has 1 aromatic heterocycles. The van der Waals surface area contributed by atoms with Crippen LogP contribution in [0.5, 0.6) is 0 Å². The molecule has 0 aliphatic heterocycles. The second kappa shape index (κ2) is 6.90. The summed E-state index contributed by atoms with van der Waals surface area (Å²) in [5.74, 6) is 0.450. The number of hydrogen-bond donors (Lipinski definition) is 1. The first kappa shape index (κ1) is 15.2. The largest absolute Gasteiger partial charge is 0.460 e.